The Morgan fingerprint density at radius 1 is 1.25 bits per heavy atom. The van der Waals surface area contributed by atoms with Crippen LogP contribution in [0.2, 0.25) is 0 Å². The summed E-state index contributed by atoms with van der Waals surface area (Å²) in [6.07, 6.45) is 1.48. The Kier molecular flexibility index (Phi) is 4.65. The number of nitrogens with zero attached hydrogens (tertiary/aromatic N) is 1. The molecule has 2 rings (SSSR count). The van der Waals surface area contributed by atoms with E-state index in [2.05, 4.69) is 5.32 Å². The molecule has 0 radical (unpaired) electrons. The number of benzene rings is 1. The van der Waals surface area contributed by atoms with Crippen molar-refractivity contribution >= 4 is 5.91 Å². The van der Waals surface area contributed by atoms with Crippen LogP contribution in [0.3, 0.4) is 0 Å². The zero-order chi connectivity index (χ0) is 14.7. The van der Waals surface area contributed by atoms with Gasteiger partial charge in [-0.05, 0) is 32.9 Å². The minimum atomic E-state index is -1.15. The highest BCUT2D eigenvalue weighted by Gasteiger charge is 2.29. The van der Waals surface area contributed by atoms with E-state index in [4.69, 9.17) is 0 Å². The molecule has 1 N–H and O–H groups in total. The summed E-state index contributed by atoms with van der Waals surface area (Å²) in [7, 11) is 0. The second kappa shape index (κ2) is 6.26. The van der Waals surface area contributed by atoms with Gasteiger partial charge in [0, 0.05) is 24.7 Å². The molecule has 20 heavy (non-hydrogen) atoms. The van der Waals surface area contributed by atoms with Gasteiger partial charge in [0.2, 0.25) is 0 Å². The fraction of sp³-hybridized carbons (Fsp3) is 0.500. The molecule has 3 nitrogen and oxygen atoms in total. The number of hydrogen-bond acceptors (Lipinski definition) is 2. The third-order valence-electron chi connectivity index (χ3n) is 3.57. The SMILES string of the molecule is CCN(C(=O)c1c(F)cc(F)cc1F)C1CCNCC1. The van der Waals surface area contributed by atoms with Crippen LogP contribution >= 0.6 is 0 Å². The summed E-state index contributed by atoms with van der Waals surface area (Å²) in [5.74, 6) is -4.05. The van der Waals surface area contributed by atoms with Gasteiger partial charge in [-0.15, -0.1) is 0 Å². The van der Waals surface area contributed by atoms with Crippen molar-refractivity contribution in [2.24, 2.45) is 0 Å². The number of rotatable bonds is 3. The maximum atomic E-state index is 13.7. The van der Waals surface area contributed by atoms with Crippen LogP contribution in [-0.2, 0) is 0 Å². The molecule has 110 valence electrons. The third kappa shape index (κ3) is 2.95. The van der Waals surface area contributed by atoms with E-state index in [-0.39, 0.29) is 6.04 Å². The van der Waals surface area contributed by atoms with Gasteiger partial charge in [-0.25, -0.2) is 13.2 Å². The lowest BCUT2D eigenvalue weighted by Crippen LogP contribution is -2.46. The molecule has 0 bridgehead atoms. The summed E-state index contributed by atoms with van der Waals surface area (Å²) in [5.41, 5.74) is -0.674. The summed E-state index contributed by atoms with van der Waals surface area (Å²) < 4.78 is 40.3. The van der Waals surface area contributed by atoms with E-state index in [9.17, 15) is 18.0 Å². The number of hydrogen-bond donors (Lipinski definition) is 1. The molecule has 1 aromatic carbocycles. The molecule has 0 unspecified atom stereocenters. The van der Waals surface area contributed by atoms with Gasteiger partial charge in [-0.2, -0.15) is 0 Å². The van der Waals surface area contributed by atoms with Crippen LogP contribution in [0, 0.1) is 17.5 Å². The number of carbonyl (C=O) groups is 1. The Morgan fingerprint density at radius 3 is 2.30 bits per heavy atom. The minimum Gasteiger partial charge on any atom is -0.336 e. The predicted octanol–water partition coefficient (Wildman–Crippen LogP) is 2.32. The summed E-state index contributed by atoms with van der Waals surface area (Å²) in [4.78, 5) is 13.8. The number of nitrogens with one attached hydrogen (secondary N) is 1. The van der Waals surface area contributed by atoms with Crippen molar-refractivity contribution in [1.29, 1.82) is 0 Å². The Balaban J connectivity index is 2.28. The van der Waals surface area contributed by atoms with Crippen LogP contribution in [-0.4, -0.2) is 36.5 Å². The van der Waals surface area contributed by atoms with Crippen molar-refractivity contribution in [2.45, 2.75) is 25.8 Å². The molecule has 0 aromatic heterocycles. The van der Waals surface area contributed by atoms with E-state index in [1.54, 1.807) is 6.92 Å². The second-order valence-electron chi connectivity index (χ2n) is 4.82. The molecular formula is C14H17F3N2O. The highest BCUT2D eigenvalue weighted by molar-refractivity contribution is 5.95. The van der Waals surface area contributed by atoms with Gasteiger partial charge in [0.25, 0.3) is 5.91 Å². The van der Waals surface area contributed by atoms with Crippen LogP contribution in [0.5, 0.6) is 0 Å². The van der Waals surface area contributed by atoms with Gasteiger partial charge in [-0.3, -0.25) is 4.79 Å². The fourth-order valence-electron chi connectivity index (χ4n) is 2.58. The van der Waals surface area contributed by atoms with E-state index in [0.29, 0.717) is 18.7 Å². The number of piperidine rings is 1. The molecule has 1 aliphatic heterocycles. The lowest BCUT2D eigenvalue weighted by molar-refractivity contribution is 0.0646. The molecule has 1 saturated heterocycles. The fourth-order valence-corrected chi connectivity index (χ4v) is 2.58. The highest BCUT2D eigenvalue weighted by atomic mass is 19.1. The molecule has 1 aliphatic rings. The number of amides is 1. The lowest BCUT2D eigenvalue weighted by atomic mass is 10.0. The molecule has 0 atom stereocenters. The van der Waals surface area contributed by atoms with Crippen molar-refractivity contribution in [3.05, 3.63) is 35.1 Å². The zero-order valence-corrected chi connectivity index (χ0v) is 11.3. The predicted molar refractivity (Wildman–Crippen MR) is 68.9 cm³/mol. The highest BCUT2D eigenvalue weighted by Crippen LogP contribution is 2.20. The molecule has 0 aliphatic carbocycles. The van der Waals surface area contributed by atoms with E-state index < -0.39 is 28.9 Å². The first-order valence-corrected chi connectivity index (χ1v) is 6.70. The largest absolute Gasteiger partial charge is 0.336 e. The van der Waals surface area contributed by atoms with Gasteiger partial charge < -0.3 is 10.2 Å². The normalized spacial score (nSPS) is 16.2. The Hall–Kier alpha value is -1.56. The first-order chi connectivity index (χ1) is 9.54. The van der Waals surface area contributed by atoms with Gasteiger partial charge >= 0.3 is 0 Å². The standard InChI is InChI=1S/C14H17F3N2O/c1-2-19(10-3-5-18-6-4-10)14(20)13-11(16)7-9(15)8-12(13)17/h7-8,10,18H,2-6H2,1H3. The molecule has 1 heterocycles. The number of halogens is 3. The smallest absolute Gasteiger partial charge is 0.260 e. The van der Waals surface area contributed by atoms with Crippen LogP contribution in [0.15, 0.2) is 12.1 Å². The third-order valence-corrected chi connectivity index (χ3v) is 3.57. The number of carbonyl (C=O) groups excluding carboxylic acids is 1. The van der Waals surface area contributed by atoms with Gasteiger partial charge in [0.05, 0.1) is 0 Å². The van der Waals surface area contributed by atoms with Crippen molar-refractivity contribution in [3.63, 3.8) is 0 Å². The molecule has 0 spiro atoms. The Bertz CT molecular complexity index is 478. The quantitative estimate of drug-likeness (QED) is 0.925. The second-order valence-corrected chi connectivity index (χ2v) is 4.82. The molecule has 0 saturated carbocycles. The van der Waals surface area contributed by atoms with Crippen LogP contribution in [0.1, 0.15) is 30.1 Å². The first kappa shape index (κ1) is 14.8. The van der Waals surface area contributed by atoms with Gasteiger partial charge in [-0.1, -0.05) is 0 Å². The average molecular weight is 286 g/mol. The van der Waals surface area contributed by atoms with Crippen LogP contribution in [0.4, 0.5) is 13.2 Å². The first-order valence-electron chi connectivity index (χ1n) is 6.70. The van der Waals surface area contributed by atoms with E-state index >= 15 is 0 Å². The molecule has 1 aromatic rings. The Morgan fingerprint density at radius 2 is 1.80 bits per heavy atom. The van der Waals surface area contributed by atoms with Gasteiger partial charge in [0.1, 0.15) is 23.0 Å². The zero-order valence-electron chi connectivity index (χ0n) is 11.3. The summed E-state index contributed by atoms with van der Waals surface area (Å²) in [5, 5.41) is 3.17. The molecule has 1 amide bonds. The monoisotopic (exact) mass is 286 g/mol. The van der Waals surface area contributed by atoms with Crippen molar-refractivity contribution in [2.75, 3.05) is 19.6 Å². The average Bonchev–Trinajstić information content (AvgIpc) is 2.39. The summed E-state index contributed by atoms with van der Waals surface area (Å²) in [6.45, 7) is 3.66. The van der Waals surface area contributed by atoms with Crippen LogP contribution in [0.25, 0.3) is 0 Å². The maximum Gasteiger partial charge on any atom is 0.260 e. The van der Waals surface area contributed by atoms with Crippen molar-refractivity contribution in [1.82, 2.24) is 10.2 Å². The topological polar surface area (TPSA) is 32.3 Å². The van der Waals surface area contributed by atoms with Crippen molar-refractivity contribution < 1.29 is 18.0 Å². The maximum absolute atomic E-state index is 13.7. The van der Waals surface area contributed by atoms with Crippen LogP contribution < -0.4 is 5.32 Å². The molecular weight excluding hydrogens is 269 g/mol. The van der Waals surface area contributed by atoms with Gasteiger partial charge in [0.15, 0.2) is 0 Å². The lowest BCUT2D eigenvalue weighted by Gasteiger charge is -2.34. The van der Waals surface area contributed by atoms with Crippen molar-refractivity contribution in [3.8, 4) is 0 Å². The molecule has 1 fully saturated rings. The minimum absolute atomic E-state index is 0.0439. The van der Waals surface area contributed by atoms with E-state index in [1.165, 1.54) is 4.90 Å². The summed E-state index contributed by atoms with van der Waals surface area (Å²) >= 11 is 0. The van der Waals surface area contributed by atoms with E-state index in [1.807, 2.05) is 0 Å². The Labute approximate surface area is 115 Å². The summed E-state index contributed by atoms with van der Waals surface area (Å²) in [6, 6.07) is 1.02. The van der Waals surface area contributed by atoms with E-state index in [0.717, 1.165) is 25.9 Å². The molecule has 6 heteroatoms.